The van der Waals surface area contributed by atoms with Crippen LogP contribution in [-0.2, 0) is 4.74 Å². The molecule has 0 aliphatic carbocycles. The van der Waals surface area contributed by atoms with Gasteiger partial charge in [-0.05, 0) is 43.5 Å². The molecule has 4 N–H and O–H groups in total. The number of aromatic hydroxyl groups is 1. The average molecular weight is 364 g/mol. The highest BCUT2D eigenvalue weighted by atomic mass is 16.5. The molecule has 0 radical (unpaired) electrons. The Morgan fingerprint density at radius 3 is 2.46 bits per heavy atom. The Bertz CT molecular complexity index is 544. The van der Waals surface area contributed by atoms with Gasteiger partial charge in [-0.25, -0.2) is 0 Å². The molecule has 1 aromatic rings. The number of nitrogens with one attached hydrogen (secondary N) is 3. The van der Waals surface area contributed by atoms with Crippen LogP contribution in [0, 0.1) is 5.92 Å². The highest BCUT2D eigenvalue weighted by Crippen LogP contribution is 2.09. The van der Waals surface area contributed by atoms with Gasteiger partial charge in [0.05, 0.1) is 13.2 Å². The van der Waals surface area contributed by atoms with Gasteiger partial charge < -0.3 is 25.8 Å². The van der Waals surface area contributed by atoms with Crippen molar-refractivity contribution >= 4 is 11.9 Å². The minimum atomic E-state index is -0.174. The zero-order valence-corrected chi connectivity index (χ0v) is 16.0. The van der Waals surface area contributed by atoms with Crippen molar-refractivity contribution in [3.63, 3.8) is 0 Å². The van der Waals surface area contributed by atoms with Crippen molar-refractivity contribution < 1.29 is 14.6 Å². The van der Waals surface area contributed by atoms with E-state index in [1.165, 1.54) is 12.1 Å². The van der Waals surface area contributed by atoms with Crippen LogP contribution < -0.4 is 16.0 Å². The van der Waals surface area contributed by atoms with Crippen molar-refractivity contribution in [2.75, 3.05) is 39.4 Å². The van der Waals surface area contributed by atoms with E-state index in [0.29, 0.717) is 43.7 Å². The molecule has 0 aromatic heterocycles. The van der Waals surface area contributed by atoms with Crippen LogP contribution in [0.1, 0.15) is 37.6 Å². The normalized spacial score (nSPS) is 11.5. The summed E-state index contributed by atoms with van der Waals surface area (Å²) in [6.07, 6.45) is 1.06. The number of carbonyl (C=O) groups is 1. The number of amides is 1. The number of carbonyl (C=O) groups excluding carboxylic acids is 1. The maximum absolute atomic E-state index is 12.0. The van der Waals surface area contributed by atoms with Gasteiger partial charge in [0.2, 0.25) is 0 Å². The standard InChI is InChI=1S/C19H32N4O3/c1-4-20-19(23-12-14-26-13-9-15(2)3)22-11-10-21-18(25)16-5-7-17(24)8-6-16/h5-8,15,24H,4,9-14H2,1-3H3,(H,21,25)(H2,20,22,23). The molecule has 0 unspecified atom stereocenters. The number of phenolic OH excluding ortho intramolecular Hbond substituents is 1. The fraction of sp³-hybridized carbons (Fsp3) is 0.579. The smallest absolute Gasteiger partial charge is 0.251 e. The number of rotatable bonds is 11. The van der Waals surface area contributed by atoms with Gasteiger partial charge in [-0.15, -0.1) is 0 Å². The minimum Gasteiger partial charge on any atom is -0.508 e. The van der Waals surface area contributed by atoms with E-state index in [2.05, 4.69) is 34.8 Å². The molecule has 0 saturated heterocycles. The molecule has 1 rings (SSSR count). The second kappa shape index (κ2) is 13.0. The van der Waals surface area contributed by atoms with Crippen LogP contribution in [0.4, 0.5) is 0 Å². The number of phenols is 1. The van der Waals surface area contributed by atoms with Crippen molar-refractivity contribution in [3.05, 3.63) is 29.8 Å². The molecule has 0 bridgehead atoms. The van der Waals surface area contributed by atoms with Gasteiger partial charge >= 0.3 is 0 Å². The lowest BCUT2D eigenvalue weighted by Crippen LogP contribution is -2.41. The summed E-state index contributed by atoms with van der Waals surface area (Å²) in [5, 5.41) is 18.4. The Labute approximate surface area is 156 Å². The Morgan fingerprint density at radius 1 is 1.12 bits per heavy atom. The van der Waals surface area contributed by atoms with Crippen LogP contribution in [0.15, 0.2) is 29.3 Å². The van der Waals surface area contributed by atoms with Crippen LogP contribution in [0.25, 0.3) is 0 Å². The van der Waals surface area contributed by atoms with E-state index in [-0.39, 0.29) is 11.7 Å². The summed E-state index contributed by atoms with van der Waals surface area (Å²) in [6.45, 7) is 10.1. The van der Waals surface area contributed by atoms with Crippen LogP contribution in [0.2, 0.25) is 0 Å². The van der Waals surface area contributed by atoms with E-state index < -0.39 is 0 Å². The Morgan fingerprint density at radius 2 is 1.81 bits per heavy atom. The van der Waals surface area contributed by atoms with Crippen LogP contribution >= 0.6 is 0 Å². The van der Waals surface area contributed by atoms with Gasteiger partial charge in [0.15, 0.2) is 5.96 Å². The molecule has 7 nitrogen and oxygen atoms in total. The summed E-state index contributed by atoms with van der Waals surface area (Å²) < 4.78 is 5.55. The van der Waals surface area contributed by atoms with Gasteiger partial charge in [-0.3, -0.25) is 9.79 Å². The van der Waals surface area contributed by atoms with Crippen LogP contribution in [-0.4, -0.2) is 56.4 Å². The number of aliphatic imine (C=N–C) groups is 1. The Hall–Kier alpha value is -2.28. The van der Waals surface area contributed by atoms with E-state index in [9.17, 15) is 9.90 Å². The molecule has 26 heavy (non-hydrogen) atoms. The molecule has 0 spiro atoms. The number of benzene rings is 1. The first-order chi connectivity index (χ1) is 12.5. The highest BCUT2D eigenvalue weighted by Gasteiger charge is 2.04. The zero-order valence-electron chi connectivity index (χ0n) is 16.0. The summed E-state index contributed by atoms with van der Waals surface area (Å²) in [6, 6.07) is 6.16. The number of ether oxygens (including phenoxy) is 1. The fourth-order valence-corrected chi connectivity index (χ4v) is 2.06. The third-order valence-corrected chi connectivity index (χ3v) is 3.52. The summed E-state index contributed by atoms with van der Waals surface area (Å²) in [5.74, 6) is 1.32. The number of nitrogens with zero attached hydrogens (tertiary/aromatic N) is 1. The second-order valence-corrected chi connectivity index (χ2v) is 6.29. The summed E-state index contributed by atoms with van der Waals surface area (Å²) in [4.78, 5) is 16.4. The molecular formula is C19H32N4O3. The zero-order chi connectivity index (χ0) is 19.2. The predicted molar refractivity (Wildman–Crippen MR) is 105 cm³/mol. The van der Waals surface area contributed by atoms with Gasteiger partial charge in [0, 0.05) is 31.8 Å². The largest absolute Gasteiger partial charge is 0.508 e. The van der Waals surface area contributed by atoms with Gasteiger partial charge in [0.1, 0.15) is 5.75 Å². The molecule has 146 valence electrons. The molecule has 7 heteroatoms. The van der Waals surface area contributed by atoms with Gasteiger partial charge in [0.25, 0.3) is 5.91 Å². The number of hydrogen-bond donors (Lipinski definition) is 4. The lowest BCUT2D eigenvalue weighted by Gasteiger charge is -2.12. The molecule has 1 amide bonds. The maximum atomic E-state index is 12.0. The molecule has 0 atom stereocenters. The van der Waals surface area contributed by atoms with Crippen molar-refractivity contribution in [1.29, 1.82) is 0 Å². The molecule has 0 aliphatic heterocycles. The molecule has 1 aromatic carbocycles. The van der Waals surface area contributed by atoms with Crippen LogP contribution in [0.3, 0.4) is 0 Å². The number of hydrogen-bond acceptors (Lipinski definition) is 4. The SMILES string of the molecule is CCNC(=NCCOCCC(C)C)NCCNC(=O)c1ccc(O)cc1. The van der Waals surface area contributed by atoms with Gasteiger partial charge in [-0.2, -0.15) is 0 Å². The highest BCUT2D eigenvalue weighted by molar-refractivity contribution is 5.94. The Kier molecular flexibility index (Phi) is 10.9. The summed E-state index contributed by atoms with van der Waals surface area (Å²) in [7, 11) is 0. The fourth-order valence-electron chi connectivity index (χ4n) is 2.06. The van der Waals surface area contributed by atoms with Crippen molar-refractivity contribution in [3.8, 4) is 5.75 Å². The van der Waals surface area contributed by atoms with E-state index >= 15 is 0 Å². The van der Waals surface area contributed by atoms with Crippen LogP contribution in [0.5, 0.6) is 5.75 Å². The predicted octanol–water partition coefficient (Wildman–Crippen LogP) is 1.74. The first-order valence-corrected chi connectivity index (χ1v) is 9.20. The first-order valence-electron chi connectivity index (χ1n) is 9.20. The quantitative estimate of drug-likeness (QED) is 0.273. The topological polar surface area (TPSA) is 95.0 Å². The third kappa shape index (κ3) is 9.88. The second-order valence-electron chi connectivity index (χ2n) is 6.29. The van der Waals surface area contributed by atoms with Gasteiger partial charge in [-0.1, -0.05) is 13.8 Å². The monoisotopic (exact) mass is 364 g/mol. The van der Waals surface area contributed by atoms with E-state index in [0.717, 1.165) is 19.6 Å². The lowest BCUT2D eigenvalue weighted by atomic mass is 10.1. The molecule has 0 saturated carbocycles. The minimum absolute atomic E-state index is 0.142. The number of guanidine groups is 1. The third-order valence-electron chi connectivity index (χ3n) is 3.52. The lowest BCUT2D eigenvalue weighted by molar-refractivity contribution is 0.0954. The van der Waals surface area contributed by atoms with Crippen molar-refractivity contribution in [1.82, 2.24) is 16.0 Å². The van der Waals surface area contributed by atoms with E-state index in [4.69, 9.17) is 4.74 Å². The van der Waals surface area contributed by atoms with E-state index in [1.807, 2.05) is 6.92 Å². The molecule has 0 heterocycles. The first kappa shape index (κ1) is 21.8. The van der Waals surface area contributed by atoms with Crippen molar-refractivity contribution in [2.45, 2.75) is 27.2 Å². The van der Waals surface area contributed by atoms with E-state index in [1.54, 1.807) is 12.1 Å². The molecule has 0 fully saturated rings. The molecule has 0 aliphatic rings. The molecular weight excluding hydrogens is 332 g/mol. The summed E-state index contributed by atoms with van der Waals surface area (Å²) >= 11 is 0. The summed E-state index contributed by atoms with van der Waals surface area (Å²) in [5.41, 5.74) is 0.516. The Balaban J connectivity index is 2.24. The maximum Gasteiger partial charge on any atom is 0.251 e. The average Bonchev–Trinajstić information content (AvgIpc) is 2.61. The van der Waals surface area contributed by atoms with Crippen molar-refractivity contribution in [2.24, 2.45) is 10.9 Å².